The van der Waals surface area contributed by atoms with Crippen molar-refractivity contribution in [3.05, 3.63) is 0 Å². The molecule has 0 spiro atoms. The van der Waals surface area contributed by atoms with Gasteiger partial charge in [0.2, 0.25) is 0 Å². The Morgan fingerprint density at radius 1 is 0.500 bits per heavy atom. The quantitative estimate of drug-likeness (QED) is 0.0880. The van der Waals surface area contributed by atoms with Crippen LogP contribution in [0.3, 0.4) is 0 Å². The minimum atomic E-state index is -1.04. The number of carbonyl (C=O) groups excluding carboxylic acids is 2. The minimum Gasteiger partial charge on any atom is -0.465 e. The maximum atomic E-state index is 13.0. The van der Waals surface area contributed by atoms with Crippen LogP contribution >= 0.6 is 0 Å². The van der Waals surface area contributed by atoms with Crippen molar-refractivity contribution in [1.29, 1.82) is 0 Å². The van der Waals surface area contributed by atoms with Gasteiger partial charge in [0.15, 0.2) is 5.41 Å². The number of unbranched alkanes of at least 4 members (excludes halogenated alkanes) is 16. The zero-order valence-electron chi connectivity index (χ0n) is 22.8. The summed E-state index contributed by atoms with van der Waals surface area (Å²) in [4.78, 5) is 25.9. The molecule has 1 saturated carbocycles. The molecule has 0 unspecified atom stereocenters. The normalized spacial score (nSPS) is 15.2. The summed E-state index contributed by atoms with van der Waals surface area (Å²) >= 11 is 0. The van der Waals surface area contributed by atoms with E-state index in [9.17, 15) is 9.59 Å². The first-order valence-electron chi connectivity index (χ1n) is 15.0. The molecule has 34 heavy (non-hydrogen) atoms. The van der Waals surface area contributed by atoms with Crippen molar-refractivity contribution < 1.29 is 19.1 Å². The number of ether oxygens (including phenoxy) is 2. The summed E-state index contributed by atoms with van der Waals surface area (Å²) in [5.41, 5.74) is -1.04. The van der Waals surface area contributed by atoms with Crippen LogP contribution in [-0.4, -0.2) is 25.2 Å². The third-order valence-electron chi connectivity index (χ3n) is 7.45. The van der Waals surface area contributed by atoms with Gasteiger partial charge in [0.05, 0.1) is 13.2 Å². The third kappa shape index (κ3) is 13.7. The molecule has 0 saturated heterocycles. The van der Waals surface area contributed by atoms with Gasteiger partial charge in [-0.25, -0.2) is 0 Å². The highest BCUT2D eigenvalue weighted by atomic mass is 16.6. The van der Waals surface area contributed by atoms with Gasteiger partial charge in [-0.15, -0.1) is 0 Å². The number of hydrogen-bond acceptors (Lipinski definition) is 4. The molecule has 0 amide bonds. The summed E-state index contributed by atoms with van der Waals surface area (Å²) in [6, 6.07) is 0. The predicted octanol–water partition coefficient (Wildman–Crippen LogP) is 9.08. The van der Waals surface area contributed by atoms with Crippen LogP contribution in [0.1, 0.15) is 162 Å². The van der Waals surface area contributed by atoms with Crippen molar-refractivity contribution in [2.24, 2.45) is 5.41 Å². The molecular weight excluding hydrogens is 424 g/mol. The summed E-state index contributed by atoms with van der Waals surface area (Å²) in [6.45, 7) is 5.36. The van der Waals surface area contributed by atoms with E-state index in [1.807, 2.05) is 0 Å². The van der Waals surface area contributed by atoms with Crippen LogP contribution in [0.25, 0.3) is 0 Å². The molecule has 0 atom stereocenters. The molecule has 200 valence electrons. The molecule has 1 fully saturated rings. The van der Waals surface area contributed by atoms with E-state index in [1.54, 1.807) is 0 Å². The lowest BCUT2D eigenvalue weighted by Gasteiger charge is -2.32. The summed E-state index contributed by atoms with van der Waals surface area (Å²) in [6.07, 6.45) is 26.3. The van der Waals surface area contributed by atoms with Crippen LogP contribution in [0, 0.1) is 5.41 Å². The lowest BCUT2D eigenvalue weighted by molar-refractivity contribution is -0.175. The van der Waals surface area contributed by atoms with Crippen LogP contribution in [0.4, 0.5) is 0 Å². The molecule has 0 aromatic rings. The second-order valence-electron chi connectivity index (χ2n) is 10.6. The maximum absolute atomic E-state index is 13.0. The Labute approximate surface area is 211 Å². The van der Waals surface area contributed by atoms with Crippen molar-refractivity contribution >= 4 is 11.9 Å². The fourth-order valence-corrected chi connectivity index (χ4v) is 5.08. The zero-order chi connectivity index (χ0) is 24.7. The molecule has 0 aromatic carbocycles. The van der Waals surface area contributed by atoms with Gasteiger partial charge in [-0.2, -0.15) is 0 Å². The lowest BCUT2D eigenvalue weighted by atomic mass is 9.74. The van der Waals surface area contributed by atoms with Gasteiger partial charge >= 0.3 is 11.9 Å². The Bertz CT molecular complexity index is 458. The van der Waals surface area contributed by atoms with Gasteiger partial charge in [0, 0.05) is 0 Å². The van der Waals surface area contributed by atoms with Gasteiger partial charge < -0.3 is 9.47 Å². The highest BCUT2D eigenvalue weighted by Crippen LogP contribution is 2.39. The summed E-state index contributed by atoms with van der Waals surface area (Å²) in [7, 11) is 0. The molecule has 0 aliphatic heterocycles. The molecule has 4 heteroatoms. The second-order valence-corrected chi connectivity index (χ2v) is 10.6. The first-order valence-corrected chi connectivity index (χ1v) is 15.0. The number of esters is 2. The van der Waals surface area contributed by atoms with E-state index in [0.717, 1.165) is 44.9 Å². The van der Waals surface area contributed by atoms with Crippen molar-refractivity contribution in [2.75, 3.05) is 13.2 Å². The van der Waals surface area contributed by atoms with Gasteiger partial charge in [-0.1, -0.05) is 136 Å². The van der Waals surface area contributed by atoms with Crippen LogP contribution in [0.15, 0.2) is 0 Å². The van der Waals surface area contributed by atoms with E-state index in [-0.39, 0.29) is 11.9 Å². The average molecular weight is 481 g/mol. The number of rotatable bonds is 22. The Morgan fingerprint density at radius 3 is 1.18 bits per heavy atom. The maximum Gasteiger partial charge on any atom is 0.323 e. The fourth-order valence-electron chi connectivity index (χ4n) is 5.08. The molecule has 0 bridgehead atoms. The highest BCUT2D eigenvalue weighted by Gasteiger charge is 2.49. The van der Waals surface area contributed by atoms with Crippen molar-refractivity contribution in [2.45, 2.75) is 162 Å². The van der Waals surface area contributed by atoms with Crippen LogP contribution in [-0.2, 0) is 19.1 Å². The Morgan fingerprint density at radius 2 is 0.824 bits per heavy atom. The third-order valence-corrected chi connectivity index (χ3v) is 7.45. The number of hydrogen-bond donors (Lipinski definition) is 0. The molecular formula is C30H56O4. The first-order chi connectivity index (χ1) is 16.7. The van der Waals surface area contributed by atoms with E-state index in [2.05, 4.69) is 13.8 Å². The van der Waals surface area contributed by atoms with E-state index in [4.69, 9.17) is 9.47 Å². The molecule has 1 aliphatic rings. The predicted molar refractivity (Wildman–Crippen MR) is 142 cm³/mol. The monoisotopic (exact) mass is 480 g/mol. The smallest absolute Gasteiger partial charge is 0.323 e. The van der Waals surface area contributed by atoms with E-state index in [1.165, 1.54) is 89.9 Å². The zero-order valence-corrected chi connectivity index (χ0v) is 22.8. The van der Waals surface area contributed by atoms with Crippen LogP contribution in [0.2, 0.25) is 0 Å². The SMILES string of the molecule is CCCCCCCCCCCOC(=O)C1(C(=O)OCCCCCCCCCCC)CCCCC1. The van der Waals surface area contributed by atoms with E-state index >= 15 is 0 Å². The second kappa shape index (κ2) is 21.2. The average Bonchev–Trinajstić information content (AvgIpc) is 2.86. The highest BCUT2D eigenvalue weighted by molar-refractivity contribution is 6.00. The topological polar surface area (TPSA) is 52.6 Å². The molecule has 4 nitrogen and oxygen atoms in total. The van der Waals surface area contributed by atoms with Crippen molar-refractivity contribution in [3.8, 4) is 0 Å². The first kappa shape index (κ1) is 31.0. The Hall–Kier alpha value is -1.06. The summed E-state index contributed by atoms with van der Waals surface area (Å²) < 4.78 is 11.3. The van der Waals surface area contributed by atoms with E-state index < -0.39 is 5.41 Å². The number of carbonyl (C=O) groups is 2. The fraction of sp³-hybridized carbons (Fsp3) is 0.933. The van der Waals surface area contributed by atoms with Gasteiger partial charge in [-0.05, 0) is 25.7 Å². The lowest BCUT2D eigenvalue weighted by Crippen LogP contribution is -2.43. The van der Waals surface area contributed by atoms with Crippen molar-refractivity contribution in [3.63, 3.8) is 0 Å². The summed E-state index contributed by atoms with van der Waals surface area (Å²) in [5, 5.41) is 0. The minimum absolute atomic E-state index is 0.330. The molecule has 0 heterocycles. The van der Waals surface area contributed by atoms with Crippen molar-refractivity contribution in [1.82, 2.24) is 0 Å². The molecule has 1 rings (SSSR count). The Balaban J connectivity index is 2.20. The Kier molecular flexibility index (Phi) is 19.3. The van der Waals surface area contributed by atoms with Crippen LogP contribution < -0.4 is 0 Å². The largest absolute Gasteiger partial charge is 0.465 e. The van der Waals surface area contributed by atoms with Gasteiger partial charge in [0.25, 0.3) is 0 Å². The van der Waals surface area contributed by atoms with Crippen LogP contribution in [0.5, 0.6) is 0 Å². The molecule has 0 radical (unpaired) electrons. The molecule has 1 aliphatic carbocycles. The van der Waals surface area contributed by atoms with Gasteiger partial charge in [-0.3, -0.25) is 9.59 Å². The molecule has 0 N–H and O–H groups in total. The molecule has 0 aromatic heterocycles. The standard InChI is InChI=1S/C30H56O4/c1-3-5-7-9-11-13-15-17-22-26-33-28(31)30(24-20-19-21-25-30)29(32)34-27-23-18-16-14-12-10-8-6-4-2/h3-27H2,1-2H3. The summed E-state index contributed by atoms with van der Waals surface area (Å²) in [5.74, 6) is -0.660. The van der Waals surface area contributed by atoms with E-state index in [0.29, 0.717) is 26.1 Å². The van der Waals surface area contributed by atoms with Gasteiger partial charge in [0.1, 0.15) is 0 Å².